The highest BCUT2D eigenvalue weighted by atomic mass is 32.2. The molecule has 0 aliphatic rings. The Kier molecular flexibility index (Phi) is 4.01. The van der Waals surface area contributed by atoms with Gasteiger partial charge in [-0.2, -0.15) is 0 Å². The number of nitrogens with two attached hydrogens (primary N) is 1. The van der Waals surface area contributed by atoms with Gasteiger partial charge in [-0.3, -0.25) is 4.98 Å². The molecule has 0 atom stereocenters. The number of sulfonamides is 1. The molecular formula is C13H14FN3O2S. The van der Waals surface area contributed by atoms with Crippen molar-refractivity contribution in [3.8, 4) is 0 Å². The standard InChI is InChI=1S/C13H14FN3O2S/c1-9-3-2-6-16-13(9)8-17-20(18,19)10-4-5-11(14)12(15)7-10/h2-7,17H,8,15H2,1H3. The van der Waals surface area contributed by atoms with Crippen LogP contribution in [0.3, 0.4) is 0 Å². The number of rotatable bonds is 4. The Morgan fingerprint density at radius 1 is 1.35 bits per heavy atom. The van der Waals surface area contributed by atoms with E-state index < -0.39 is 15.8 Å². The second-order valence-corrected chi connectivity index (χ2v) is 6.04. The van der Waals surface area contributed by atoms with Crippen LogP contribution >= 0.6 is 0 Å². The Morgan fingerprint density at radius 3 is 2.75 bits per heavy atom. The summed E-state index contributed by atoms with van der Waals surface area (Å²) in [6.45, 7) is 1.90. The summed E-state index contributed by atoms with van der Waals surface area (Å²) in [4.78, 5) is 4.02. The highest BCUT2D eigenvalue weighted by Gasteiger charge is 2.15. The third-order valence-electron chi connectivity index (χ3n) is 2.83. The summed E-state index contributed by atoms with van der Waals surface area (Å²) in [6.07, 6.45) is 1.59. The van der Waals surface area contributed by atoms with Crippen LogP contribution in [-0.2, 0) is 16.6 Å². The van der Waals surface area contributed by atoms with Crippen molar-refractivity contribution in [3.05, 3.63) is 53.6 Å². The number of halogens is 1. The number of benzene rings is 1. The highest BCUT2D eigenvalue weighted by Crippen LogP contribution is 2.16. The third-order valence-corrected chi connectivity index (χ3v) is 4.22. The number of nitrogens with zero attached hydrogens (tertiary/aromatic N) is 1. The predicted octanol–water partition coefficient (Wildman–Crippen LogP) is 1.59. The first-order valence-corrected chi connectivity index (χ1v) is 7.33. The van der Waals surface area contributed by atoms with Gasteiger partial charge < -0.3 is 5.73 Å². The van der Waals surface area contributed by atoms with E-state index in [0.717, 1.165) is 17.7 Å². The minimum absolute atomic E-state index is 0.0618. The van der Waals surface area contributed by atoms with Crippen LogP contribution in [0, 0.1) is 12.7 Å². The predicted molar refractivity (Wildman–Crippen MR) is 73.8 cm³/mol. The molecule has 20 heavy (non-hydrogen) atoms. The molecule has 106 valence electrons. The van der Waals surface area contributed by atoms with E-state index in [2.05, 4.69) is 9.71 Å². The number of aromatic nitrogens is 1. The van der Waals surface area contributed by atoms with Gasteiger partial charge in [0.1, 0.15) is 5.82 Å². The zero-order valence-electron chi connectivity index (χ0n) is 10.8. The summed E-state index contributed by atoms with van der Waals surface area (Å²) in [5.41, 5.74) is 6.68. The first kappa shape index (κ1) is 14.4. The van der Waals surface area contributed by atoms with E-state index in [-0.39, 0.29) is 17.1 Å². The molecule has 2 aromatic rings. The van der Waals surface area contributed by atoms with Gasteiger partial charge in [0.2, 0.25) is 10.0 Å². The van der Waals surface area contributed by atoms with Crippen molar-refractivity contribution in [1.82, 2.24) is 9.71 Å². The monoisotopic (exact) mass is 295 g/mol. The highest BCUT2D eigenvalue weighted by molar-refractivity contribution is 7.89. The molecule has 7 heteroatoms. The fourth-order valence-electron chi connectivity index (χ4n) is 1.64. The second-order valence-electron chi connectivity index (χ2n) is 4.27. The molecule has 3 N–H and O–H groups in total. The molecule has 0 aliphatic heterocycles. The van der Waals surface area contributed by atoms with Crippen LogP contribution in [0.15, 0.2) is 41.4 Å². The van der Waals surface area contributed by atoms with E-state index >= 15 is 0 Å². The van der Waals surface area contributed by atoms with E-state index in [1.165, 1.54) is 6.07 Å². The van der Waals surface area contributed by atoms with Gasteiger partial charge in [0, 0.05) is 6.20 Å². The van der Waals surface area contributed by atoms with E-state index in [9.17, 15) is 12.8 Å². The van der Waals surface area contributed by atoms with Crippen LogP contribution in [0.2, 0.25) is 0 Å². The van der Waals surface area contributed by atoms with Gasteiger partial charge in [-0.1, -0.05) is 6.07 Å². The number of pyridine rings is 1. The summed E-state index contributed by atoms with van der Waals surface area (Å²) in [5.74, 6) is -0.649. The van der Waals surface area contributed by atoms with Crippen LogP contribution < -0.4 is 10.5 Å². The van der Waals surface area contributed by atoms with Gasteiger partial charge in [-0.05, 0) is 36.8 Å². The van der Waals surface area contributed by atoms with Crippen molar-refractivity contribution < 1.29 is 12.8 Å². The van der Waals surface area contributed by atoms with Crippen LogP contribution in [0.25, 0.3) is 0 Å². The molecule has 0 amide bonds. The third kappa shape index (κ3) is 3.12. The van der Waals surface area contributed by atoms with Gasteiger partial charge in [0.05, 0.1) is 22.8 Å². The molecule has 0 saturated heterocycles. The fourth-order valence-corrected chi connectivity index (χ4v) is 2.66. The topological polar surface area (TPSA) is 85.1 Å². The normalized spacial score (nSPS) is 11.5. The summed E-state index contributed by atoms with van der Waals surface area (Å²) >= 11 is 0. The number of nitrogen functional groups attached to an aromatic ring is 1. The number of aryl methyl sites for hydroxylation is 1. The van der Waals surface area contributed by atoms with Gasteiger partial charge in [-0.15, -0.1) is 0 Å². The van der Waals surface area contributed by atoms with Crippen LogP contribution in [-0.4, -0.2) is 13.4 Å². The number of nitrogens with one attached hydrogen (secondary N) is 1. The SMILES string of the molecule is Cc1cccnc1CNS(=O)(=O)c1ccc(F)c(N)c1. The van der Waals surface area contributed by atoms with Crippen LogP contribution in [0.1, 0.15) is 11.3 Å². The van der Waals surface area contributed by atoms with Crippen molar-refractivity contribution in [2.45, 2.75) is 18.4 Å². The van der Waals surface area contributed by atoms with Crippen LogP contribution in [0.4, 0.5) is 10.1 Å². The lowest BCUT2D eigenvalue weighted by Gasteiger charge is -2.08. The lowest BCUT2D eigenvalue weighted by Crippen LogP contribution is -2.24. The number of hydrogen-bond acceptors (Lipinski definition) is 4. The lowest BCUT2D eigenvalue weighted by atomic mass is 10.2. The number of anilines is 1. The largest absolute Gasteiger partial charge is 0.396 e. The molecule has 0 bridgehead atoms. The van der Waals surface area contributed by atoms with Crippen molar-refractivity contribution >= 4 is 15.7 Å². The average molecular weight is 295 g/mol. The van der Waals surface area contributed by atoms with Gasteiger partial charge in [0.25, 0.3) is 0 Å². The Hall–Kier alpha value is -1.99. The maximum absolute atomic E-state index is 13.0. The Balaban J connectivity index is 2.19. The van der Waals surface area contributed by atoms with E-state index in [0.29, 0.717) is 5.69 Å². The summed E-state index contributed by atoms with van der Waals surface area (Å²) in [7, 11) is -3.75. The summed E-state index contributed by atoms with van der Waals surface area (Å²) in [5, 5.41) is 0. The molecule has 0 spiro atoms. The number of hydrogen-bond donors (Lipinski definition) is 2. The molecule has 0 aliphatic carbocycles. The molecule has 0 unspecified atom stereocenters. The molecule has 0 radical (unpaired) electrons. The second kappa shape index (κ2) is 5.56. The maximum Gasteiger partial charge on any atom is 0.241 e. The molecule has 1 aromatic heterocycles. The van der Waals surface area contributed by atoms with E-state index in [1.54, 1.807) is 12.3 Å². The van der Waals surface area contributed by atoms with Gasteiger partial charge in [0.15, 0.2) is 0 Å². The minimum Gasteiger partial charge on any atom is -0.396 e. The van der Waals surface area contributed by atoms with Gasteiger partial charge >= 0.3 is 0 Å². The smallest absolute Gasteiger partial charge is 0.241 e. The Labute approximate surface area is 116 Å². The van der Waals surface area contributed by atoms with E-state index in [1.807, 2.05) is 13.0 Å². The van der Waals surface area contributed by atoms with Gasteiger partial charge in [-0.25, -0.2) is 17.5 Å². The molecule has 2 rings (SSSR count). The van der Waals surface area contributed by atoms with Crippen molar-refractivity contribution in [2.75, 3.05) is 5.73 Å². The molecule has 0 saturated carbocycles. The average Bonchev–Trinajstić information content (AvgIpc) is 2.41. The quantitative estimate of drug-likeness (QED) is 0.839. The first-order chi connectivity index (χ1) is 9.40. The summed E-state index contributed by atoms with van der Waals surface area (Å²) in [6, 6.07) is 6.89. The maximum atomic E-state index is 13.0. The minimum atomic E-state index is -3.75. The molecular weight excluding hydrogens is 281 g/mol. The van der Waals surface area contributed by atoms with Crippen molar-refractivity contribution in [1.29, 1.82) is 0 Å². The van der Waals surface area contributed by atoms with Crippen LogP contribution in [0.5, 0.6) is 0 Å². The molecule has 1 heterocycles. The zero-order chi connectivity index (χ0) is 14.8. The summed E-state index contributed by atoms with van der Waals surface area (Å²) < 4.78 is 39.6. The lowest BCUT2D eigenvalue weighted by molar-refractivity contribution is 0.579. The molecule has 5 nitrogen and oxygen atoms in total. The van der Waals surface area contributed by atoms with Crippen molar-refractivity contribution in [2.24, 2.45) is 0 Å². The Morgan fingerprint density at radius 2 is 2.10 bits per heavy atom. The van der Waals surface area contributed by atoms with E-state index in [4.69, 9.17) is 5.73 Å². The first-order valence-electron chi connectivity index (χ1n) is 5.85. The zero-order valence-corrected chi connectivity index (χ0v) is 11.6. The Bertz CT molecular complexity index is 732. The molecule has 0 fully saturated rings. The fraction of sp³-hybridized carbons (Fsp3) is 0.154. The molecule has 1 aromatic carbocycles. The van der Waals surface area contributed by atoms with Crippen molar-refractivity contribution in [3.63, 3.8) is 0 Å².